The van der Waals surface area contributed by atoms with Crippen molar-refractivity contribution in [2.24, 2.45) is 0 Å². The number of nitrogens with two attached hydrogens (primary N) is 1. The molecule has 3 N–H and O–H groups in total. The average Bonchev–Trinajstić information content (AvgIpc) is 3.09. The number of hydrogen-bond acceptors (Lipinski definition) is 7. The van der Waals surface area contributed by atoms with Gasteiger partial charge < -0.3 is 15.8 Å². The van der Waals surface area contributed by atoms with Gasteiger partial charge in [-0.2, -0.15) is 0 Å². The molecular formula is C17H25N5OS. The van der Waals surface area contributed by atoms with Crippen LogP contribution in [0.25, 0.3) is 0 Å². The molecule has 0 aromatic carbocycles. The summed E-state index contributed by atoms with van der Waals surface area (Å²) >= 11 is 1.79. The molecule has 0 radical (unpaired) electrons. The predicted octanol–water partition coefficient (Wildman–Crippen LogP) is 2.56. The molecule has 0 bridgehead atoms. The molecular weight excluding hydrogens is 322 g/mol. The summed E-state index contributed by atoms with van der Waals surface area (Å²) in [5.41, 5.74) is 5.88. The lowest BCUT2D eigenvalue weighted by molar-refractivity contribution is -0.0322. The van der Waals surface area contributed by atoms with Crippen LogP contribution in [-0.2, 0) is 11.2 Å². The first-order chi connectivity index (χ1) is 11.7. The fourth-order valence-corrected chi connectivity index (χ4v) is 3.85. The number of hydrogen-bond donors (Lipinski definition) is 2. The number of thiophene rings is 1. The largest absolute Gasteiger partial charge is 0.384 e. The Kier molecular flexibility index (Phi) is 5.65. The van der Waals surface area contributed by atoms with E-state index in [4.69, 9.17) is 10.5 Å². The Morgan fingerprint density at radius 3 is 3.08 bits per heavy atom. The Balaban J connectivity index is 1.74. The number of nitrogens with zero attached hydrogens (tertiary/aromatic N) is 3. The van der Waals surface area contributed by atoms with Gasteiger partial charge in [-0.05, 0) is 18.4 Å². The summed E-state index contributed by atoms with van der Waals surface area (Å²) in [6.07, 6.45) is 1.04. The maximum absolute atomic E-state index is 5.88. The molecule has 0 saturated carbocycles. The molecule has 130 valence electrons. The van der Waals surface area contributed by atoms with Crippen molar-refractivity contribution in [3.8, 4) is 0 Å². The first-order valence-electron chi connectivity index (χ1n) is 8.42. The standard InChI is InChI=1S/C17H25N5OS/c1-3-16-20-15(18)9-17(21-16)19-10-13(14-5-4-8-24-14)22-6-7-23-12(2)11-22/h4-5,8-9,12-13H,3,6-7,10-11H2,1-2H3,(H3,18,19,20,21)/t12-,13+/m0/s1. The zero-order chi connectivity index (χ0) is 16.9. The van der Waals surface area contributed by atoms with Crippen LogP contribution >= 0.6 is 11.3 Å². The van der Waals surface area contributed by atoms with Crippen LogP contribution in [-0.4, -0.2) is 47.2 Å². The third-order valence-corrected chi connectivity index (χ3v) is 5.14. The smallest absolute Gasteiger partial charge is 0.132 e. The van der Waals surface area contributed by atoms with Crippen LogP contribution in [0.3, 0.4) is 0 Å². The molecule has 3 heterocycles. The second-order valence-corrected chi connectivity index (χ2v) is 7.02. The van der Waals surface area contributed by atoms with Crippen LogP contribution in [0.2, 0.25) is 0 Å². The molecule has 0 amide bonds. The van der Waals surface area contributed by atoms with Crippen molar-refractivity contribution in [2.75, 3.05) is 37.3 Å². The first kappa shape index (κ1) is 17.1. The molecule has 1 fully saturated rings. The maximum atomic E-state index is 5.88. The van der Waals surface area contributed by atoms with E-state index in [1.165, 1.54) is 4.88 Å². The van der Waals surface area contributed by atoms with Gasteiger partial charge >= 0.3 is 0 Å². The average molecular weight is 347 g/mol. The normalized spacial score (nSPS) is 20.0. The van der Waals surface area contributed by atoms with E-state index in [2.05, 4.69) is 44.6 Å². The van der Waals surface area contributed by atoms with Gasteiger partial charge in [0.05, 0.1) is 18.8 Å². The number of anilines is 2. The molecule has 7 heteroatoms. The molecule has 2 aromatic rings. The van der Waals surface area contributed by atoms with Crippen molar-refractivity contribution in [2.45, 2.75) is 32.4 Å². The highest BCUT2D eigenvalue weighted by Gasteiger charge is 2.26. The van der Waals surface area contributed by atoms with Gasteiger partial charge in [0.15, 0.2) is 0 Å². The highest BCUT2D eigenvalue weighted by molar-refractivity contribution is 7.10. The van der Waals surface area contributed by atoms with Crippen molar-refractivity contribution in [1.29, 1.82) is 0 Å². The van der Waals surface area contributed by atoms with E-state index in [0.717, 1.165) is 44.3 Å². The van der Waals surface area contributed by atoms with Gasteiger partial charge in [0, 0.05) is 37.0 Å². The number of morpholine rings is 1. The monoisotopic (exact) mass is 347 g/mol. The second kappa shape index (κ2) is 7.92. The highest BCUT2D eigenvalue weighted by atomic mass is 32.1. The Bertz CT molecular complexity index is 648. The van der Waals surface area contributed by atoms with Crippen LogP contribution in [0.15, 0.2) is 23.6 Å². The lowest BCUT2D eigenvalue weighted by atomic mass is 10.1. The zero-order valence-corrected chi connectivity index (χ0v) is 15.1. The fraction of sp³-hybridized carbons (Fsp3) is 0.529. The Hall–Kier alpha value is -1.70. The third kappa shape index (κ3) is 4.23. The number of aromatic nitrogens is 2. The van der Waals surface area contributed by atoms with Crippen LogP contribution in [0.5, 0.6) is 0 Å². The molecule has 3 rings (SSSR count). The maximum Gasteiger partial charge on any atom is 0.132 e. The predicted molar refractivity (Wildman–Crippen MR) is 98.4 cm³/mol. The van der Waals surface area contributed by atoms with Gasteiger partial charge in [0.2, 0.25) is 0 Å². The third-order valence-electron chi connectivity index (χ3n) is 4.17. The summed E-state index contributed by atoms with van der Waals surface area (Å²) in [4.78, 5) is 12.6. The number of aryl methyl sites for hydroxylation is 1. The summed E-state index contributed by atoms with van der Waals surface area (Å²) in [6.45, 7) is 7.61. The van der Waals surface area contributed by atoms with Gasteiger partial charge in [0.25, 0.3) is 0 Å². The lowest BCUT2D eigenvalue weighted by Gasteiger charge is -2.37. The minimum atomic E-state index is 0.266. The van der Waals surface area contributed by atoms with Crippen LogP contribution < -0.4 is 11.1 Å². The van der Waals surface area contributed by atoms with Crippen molar-refractivity contribution in [3.63, 3.8) is 0 Å². The van der Waals surface area contributed by atoms with E-state index in [1.54, 1.807) is 17.4 Å². The molecule has 0 unspecified atom stereocenters. The van der Waals surface area contributed by atoms with E-state index in [1.807, 2.05) is 6.92 Å². The number of nitrogen functional groups attached to an aromatic ring is 1. The van der Waals surface area contributed by atoms with Crippen LogP contribution in [0, 0.1) is 0 Å². The van der Waals surface area contributed by atoms with E-state index >= 15 is 0 Å². The van der Waals surface area contributed by atoms with E-state index < -0.39 is 0 Å². The summed E-state index contributed by atoms with van der Waals surface area (Å²) in [5, 5.41) is 5.58. The molecule has 0 aliphatic carbocycles. The number of rotatable bonds is 6. The Morgan fingerprint density at radius 1 is 1.50 bits per heavy atom. The molecule has 0 spiro atoms. The van der Waals surface area contributed by atoms with E-state index in [0.29, 0.717) is 11.9 Å². The summed E-state index contributed by atoms with van der Waals surface area (Å²) in [7, 11) is 0. The Morgan fingerprint density at radius 2 is 2.38 bits per heavy atom. The van der Waals surface area contributed by atoms with Crippen LogP contribution in [0.1, 0.15) is 30.6 Å². The fourth-order valence-electron chi connectivity index (χ4n) is 2.99. The summed E-state index contributed by atoms with van der Waals surface area (Å²) in [6, 6.07) is 6.40. The molecule has 2 atom stereocenters. The van der Waals surface area contributed by atoms with Crippen molar-refractivity contribution >= 4 is 23.0 Å². The van der Waals surface area contributed by atoms with Gasteiger partial charge in [-0.1, -0.05) is 13.0 Å². The highest BCUT2D eigenvalue weighted by Crippen LogP contribution is 2.27. The SMILES string of the molecule is CCc1nc(N)cc(NC[C@H](c2cccs2)N2CCO[C@@H](C)C2)n1. The first-order valence-corrected chi connectivity index (χ1v) is 9.30. The van der Waals surface area contributed by atoms with Crippen molar-refractivity contribution in [3.05, 3.63) is 34.3 Å². The number of ether oxygens (including phenoxy) is 1. The van der Waals surface area contributed by atoms with Gasteiger partial charge in [0.1, 0.15) is 17.5 Å². The molecule has 1 aliphatic heterocycles. The minimum Gasteiger partial charge on any atom is -0.384 e. The summed E-state index contributed by atoms with van der Waals surface area (Å²) in [5.74, 6) is 2.07. The van der Waals surface area contributed by atoms with Gasteiger partial charge in [-0.3, -0.25) is 4.90 Å². The van der Waals surface area contributed by atoms with Gasteiger partial charge in [-0.25, -0.2) is 9.97 Å². The second-order valence-electron chi connectivity index (χ2n) is 6.04. The molecule has 24 heavy (non-hydrogen) atoms. The van der Waals surface area contributed by atoms with Crippen molar-refractivity contribution in [1.82, 2.24) is 14.9 Å². The molecule has 6 nitrogen and oxygen atoms in total. The minimum absolute atomic E-state index is 0.266. The topological polar surface area (TPSA) is 76.3 Å². The summed E-state index contributed by atoms with van der Waals surface area (Å²) < 4.78 is 5.69. The van der Waals surface area contributed by atoms with Crippen molar-refractivity contribution < 1.29 is 4.74 Å². The molecule has 2 aromatic heterocycles. The van der Waals surface area contributed by atoms with E-state index in [-0.39, 0.29) is 6.10 Å². The lowest BCUT2D eigenvalue weighted by Crippen LogP contribution is -2.44. The quantitative estimate of drug-likeness (QED) is 0.836. The van der Waals surface area contributed by atoms with Gasteiger partial charge in [-0.15, -0.1) is 11.3 Å². The Labute approximate surface area is 147 Å². The zero-order valence-electron chi connectivity index (χ0n) is 14.2. The van der Waals surface area contributed by atoms with Crippen LogP contribution in [0.4, 0.5) is 11.6 Å². The van der Waals surface area contributed by atoms with E-state index in [9.17, 15) is 0 Å². The molecule has 1 saturated heterocycles. The number of nitrogens with one attached hydrogen (secondary N) is 1. The molecule has 1 aliphatic rings.